The van der Waals surface area contributed by atoms with Crippen LogP contribution in [0.5, 0.6) is 5.75 Å². The highest BCUT2D eigenvalue weighted by molar-refractivity contribution is 6.33. The van der Waals surface area contributed by atoms with E-state index in [2.05, 4.69) is 0 Å². The van der Waals surface area contributed by atoms with E-state index in [4.69, 9.17) is 21.1 Å². The normalized spacial score (nSPS) is 21.7. The average Bonchev–Trinajstić information content (AvgIpc) is 3.03. The molecule has 2 aliphatic heterocycles. The summed E-state index contributed by atoms with van der Waals surface area (Å²) >= 11 is 6.67. The van der Waals surface area contributed by atoms with Crippen molar-refractivity contribution in [2.24, 2.45) is 0 Å². The number of hydrogen-bond acceptors (Lipinski definition) is 4. The Kier molecular flexibility index (Phi) is 5.32. The fourth-order valence-corrected chi connectivity index (χ4v) is 4.30. The lowest BCUT2D eigenvalue weighted by molar-refractivity contribution is -0.0528. The second kappa shape index (κ2) is 7.74. The van der Waals surface area contributed by atoms with Crippen LogP contribution in [0, 0.1) is 6.92 Å². The highest BCUT2D eigenvalue weighted by Gasteiger charge is 2.39. The molecule has 1 N–H and O–H groups in total. The van der Waals surface area contributed by atoms with Crippen LogP contribution in [0.1, 0.15) is 39.0 Å². The molecule has 1 saturated heterocycles. The topological polar surface area (TPSA) is 59.0 Å². The molecule has 2 atom stereocenters. The second-order valence-corrected chi connectivity index (χ2v) is 7.83. The van der Waals surface area contributed by atoms with Crippen molar-refractivity contribution in [2.45, 2.75) is 38.5 Å². The van der Waals surface area contributed by atoms with Crippen molar-refractivity contribution in [1.29, 1.82) is 0 Å². The van der Waals surface area contributed by atoms with Gasteiger partial charge in [0.05, 0.1) is 25.9 Å². The van der Waals surface area contributed by atoms with Crippen LogP contribution >= 0.6 is 11.6 Å². The molecule has 2 aliphatic rings. The van der Waals surface area contributed by atoms with Crippen molar-refractivity contribution in [3.05, 3.63) is 63.2 Å². The van der Waals surface area contributed by atoms with E-state index >= 15 is 0 Å². The summed E-state index contributed by atoms with van der Waals surface area (Å²) in [5, 5.41) is 11.0. The number of carbonyl (C=O) groups excluding carboxylic acids is 1. The molecule has 0 saturated carbocycles. The number of amides is 1. The third-order valence-corrected chi connectivity index (χ3v) is 6.30. The van der Waals surface area contributed by atoms with Gasteiger partial charge in [0.2, 0.25) is 0 Å². The molecule has 6 heteroatoms. The molecule has 1 fully saturated rings. The van der Waals surface area contributed by atoms with Crippen molar-refractivity contribution in [1.82, 2.24) is 4.90 Å². The molecule has 148 valence electrons. The highest BCUT2D eigenvalue weighted by Crippen LogP contribution is 2.36. The number of benzene rings is 2. The molecular weight excluding hydrogens is 378 g/mol. The van der Waals surface area contributed by atoms with Gasteiger partial charge in [-0.25, -0.2) is 0 Å². The van der Waals surface area contributed by atoms with Crippen LogP contribution in [-0.2, 0) is 17.7 Å². The highest BCUT2D eigenvalue weighted by atomic mass is 35.5. The van der Waals surface area contributed by atoms with Gasteiger partial charge < -0.3 is 19.5 Å². The fraction of sp³-hybridized carbons (Fsp3) is 0.409. The minimum Gasteiger partial charge on any atom is -0.497 e. The average molecular weight is 402 g/mol. The van der Waals surface area contributed by atoms with Crippen molar-refractivity contribution in [2.75, 3.05) is 20.3 Å². The lowest BCUT2D eigenvalue weighted by atomic mass is 9.95. The van der Waals surface area contributed by atoms with E-state index < -0.39 is 6.10 Å². The number of methoxy groups -OCH3 is 1. The lowest BCUT2D eigenvalue weighted by Crippen LogP contribution is -2.49. The summed E-state index contributed by atoms with van der Waals surface area (Å²) in [6.07, 6.45) is 0.664. The molecule has 1 amide bonds. The molecule has 4 rings (SSSR count). The van der Waals surface area contributed by atoms with E-state index in [1.165, 1.54) is 0 Å². The predicted octanol–water partition coefficient (Wildman–Crippen LogP) is 3.35. The van der Waals surface area contributed by atoms with E-state index in [1.54, 1.807) is 12.0 Å². The molecule has 28 heavy (non-hydrogen) atoms. The van der Waals surface area contributed by atoms with Crippen LogP contribution in [0.2, 0.25) is 5.02 Å². The largest absolute Gasteiger partial charge is 0.497 e. The Morgan fingerprint density at radius 2 is 2.07 bits per heavy atom. The standard InChI is InChI=1S/C22H24ClNO4/c1-13-15(9-14-3-5-16(27-2)6-4-14)10-17-18(21(13)23)11-24(22(17)26)19-12-28-8-7-20(19)25/h3-6,10,19-20,25H,7-9,11-12H2,1-2H3/t19-,20-/m0/s1. The summed E-state index contributed by atoms with van der Waals surface area (Å²) in [5.74, 6) is 0.731. The molecule has 0 bridgehead atoms. The van der Waals surface area contributed by atoms with E-state index in [9.17, 15) is 9.90 Å². The number of ether oxygens (including phenoxy) is 2. The second-order valence-electron chi connectivity index (χ2n) is 7.46. The van der Waals surface area contributed by atoms with Crippen molar-refractivity contribution in [3.8, 4) is 5.75 Å². The maximum absolute atomic E-state index is 13.1. The quantitative estimate of drug-likeness (QED) is 0.853. The minimum atomic E-state index is -0.564. The number of hydrogen-bond donors (Lipinski definition) is 1. The minimum absolute atomic E-state index is 0.0811. The van der Waals surface area contributed by atoms with Crippen molar-refractivity contribution in [3.63, 3.8) is 0 Å². The van der Waals surface area contributed by atoms with Gasteiger partial charge in [-0.15, -0.1) is 0 Å². The summed E-state index contributed by atoms with van der Waals surface area (Å²) < 4.78 is 10.7. The Bertz CT molecular complexity index is 896. The lowest BCUT2D eigenvalue weighted by Gasteiger charge is -2.34. The number of halogens is 1. The van der Waals surface area contributed by atoms with Crippen LogP contribution < -0.4 is 4.74 Å². The Balaban J connectivity index is 1.63. The number of nitrogens with zero attached hydrogens (tertiary/aromatic N) is 1. The van der Waals surface area contributed by atoms with Crippen LogP contribution in [0.15, 0.2) is 30.3 Å². The predicted molar refractivity (Wildman–Crippen MR) is 107 cm³/mol. The number of aliphatic hydroxyl groups excluding tert-OH is 1. The molecular formula is C22H24ClNO4. The Hall–Kier alpha value is -2.08. The van der Waals surface area contributed by atoms with E-state index in [0.29, 0.717) is 43.2 Å². The molecule has 0 radical (unpaired) electrons. The van der Waals surface area contributed by atoms with E-state index in [-0.39, 0.29) is 11.9 Å². The van der Waals surface area contributed by atoms with Gasteiger partial charge in [0.15, 0.2) is 0 Å². The van der Waals surface area contributed by atoms with Crippen LogP contribution in [0.3, 0.4) is 0 Å². The molecule has 0 spiro atoms. The maximum Gasteiger partial charge on any atom is 0.254 e. The first-order chi connectivity index (χ1) is 13.5. The first-order valence-corrected chi connectivity index (χ1v) is 9.88. The van der Waals surface area contributed by atoms with Gasteiger partial charge in [-0.2, -0.15) is 0 Å². The zero-order valence-electron chi connectivity index (χ0n) is 16.1. The van der Waals surface area contributed by atoms with Gasteiger partial charge >= 0.3 is 0 Å². The monoisotopic (exact) mass is 401 g/mol. The SMILES string of the molecule is COc1ccc(Cc2cc3c(c(Cl)c2C)CN([C@H]2COCC[C@@H]2O)C3=O)cc1. The number of fused-ring (bicyclic) bond motifs is 1. The van der Waals surface area contributed by atoms with Gasteiger partial charge in [-0.3, -0.25) is 4.79 Å². The summed E-state index contributed by atoms with van der Waals surface area (Å²) in [4.78, 5) is 14.8. The number of carbonyl (C=O) groups is 1. The Labute approximate surface area is 169 Å². The molecule has 2 aromatic carbocycles. The summed E-state index contributed by atoms with van der Waals surface area (Å²) in [5.41, 5.74) is 4.63. The van der Waals surface area contributed by atoms with Gasteiger partial charge in [0.25, 0.3) is 5.91 Å². The van der Waals surface area contributed by atoms with Crippen LogP contribution in [-0.4, -0.2) is 48.4 Å². The van der Waals surface area contributed by atoms with Gasteiger partial charge in [0.1, 0.15) is 5.75 Å². The zero-order chi connectivity index (χ0) is 19.8. The number of aliphatic hydroxyl groups is 1. The van der Waals surface area contributed by atoms with Crippen LogP contribution in [0.4, 0.5) is 0 Å². The summed E-state index contributed by atoms with van der Waals surface area (Å²) in [7, 11) is 1.64. The third kappa shape index (κ3) is 3.39. The first kappa shape index (κ1) is 19.2. The molecule has 0 aliphatic carbocycles. The summed E-state index contributed by atoms with van der Waals surface area (Å²) in [6.45, 7) is 3.30. The Morgan fingerprint density at radius 1 is 1.32 bits per heavy atom. The third-order valence-electron chi connectivity index (χ3n) is 5.78. The zero-order valence-corrected chi connectivity index (χ0v) is 16.8. The molecule has 0 aromatic heterocycles. The van der Waals surface area contributed by atoms with Crippen molar-refractivity contribution < 1.29 is 19.4 Å². The summed E-state index contributed by atoms with van der Waals surface area (Å²) in [6, 6.07) is 9.52. The molecule has 2 heterocycles. The van der Waals surface area contributed by atoms with E-state index in [1.807, 2.05) is 37.3 Å². The molecule has 0 unspecified atom stereocenters. The van der Waals surface area contributed by atoms with Crippen LogP contribution in [0.25, 0.3) is 0 Å². The smallest absolute Gasteiger partial charge is 0.254 e. The van der Waals surface area contributed by atoms with Gasteiger partial charge in [-0.05, 0) is 54.7 Å². The van der Waals surface area contributed by atoms with Gasteiger partial charge in [0, 0.05) is 29.3 Å². The van der Waals surface area contributed by atoms with Crippen molar-refractivity contribution >= 4 is 17.5 Å². The molecule has 5 nitrogen and oxygen atoms in total. The number of rotatable bonds is 4. The van der Waals surface area contributed by atoms with E-state index in [0.717, 1.165) is 28.0 Å². The Morgan fingerprint density at radius 3 is 2.75 bits per heavy atom. The first-order valence-electron chi connectivity index (χ1n) is 9.50. The molecule has 2 aromatic rings. The maximum atomic E-state index is 13.1. The van der Waals surface area contributed by atoms with Gasteiger partial charge in [-0.1, -0.05) is 23.7 Å². The fourth-order valence-electron chi connectivity index (χ4n) is 4.02.